The molecule has 0 bridgehead atoms. The van der Waals surface area contributed by atoms with Gasteiger partial charge in [-0.25, -0.2) is 0 Å². The maximum Gasteiger partial charge on any atom is 0.185 e. The Bertz CT molecular complexity index is 877. The van der Waals surface area contributed by atoms with Crippen molar-refractivity contribution in [2.24, 2.45) is 0 Å². The number of methoxy groups -OCH3 is 3. The van der Waals surface area contributed by atoms with Gasteiger partial charge in [-0.15, -0.1) is 0 Å². The first-order valence-electron chi connectivity index (χ1n) is 8.87. The van der Waals surface area contributed by atoms with E-state index in [0.29, 0.717) is 35.2 Å². The second kappa shape index (κ2) is 10.2. The topological polar surface area (TPSA) is 54.0 Å². The molecule has 0 N–H and O–H groups in total. The van der Waals surface area contributed by atoms with Crippen molar-refractivity contribution in [2.75, 3.05) is 27.9 Å². The fraction of sp³-hybridized carbons (Fsp3) is 0.261. The molecule has 5 heteroatoms. The highest BCUT2D eigenvalue weighted by Crippen LogP contribution is 2.30. The Hall–Kier alpha value is -3.21. The molecule has 28 heavy (non-hydrogen) atoms. The van der Waals surface area contributed by atoms with Gasteiger partial charge in [0.2, 0.25) is 0 Å². The second-order valence-electron chi connectivity index (χ2n) is 6.27. The zero-order chi connectivity index (χ0) is 20.5. The van der Waals surface area contributed by atoms with Gasteiger partial charge in [0.25, 0.3) is 0 Å². The Labute approximate surface area is 166 Å². The molecule has 0 aromatic heterocycles. The predicted octanol–water partition coefficient (Wildman–Crippen LogP) is 4.95. The van der Waals surface area contributed by atoms with Gasteiger partial charge in [-0.2, -0.15) is 0 Å². The fourth-order valence-corrected chi connectivity index (χ4v) is 2.46. The van der Waals surface area contributed by atoms with Crippen molar-refractivity contribution >= 4 is 11.9 Å². The summed E-state index contributed by atoms with van der Waals surface area (Å²) in [5.41, 5.74) is 2.54. The van der Waals surface area contributed by atoms with E-state index < -0.39 is 0 Å². The van der Waals surface area contributed by atoms with E-state index in [2.05, 4.69) is 0 Å². The van der Waals surface area contributed by atoms with Gasteiger partial charge in [0, 0.05) is 5.56 Å². The number of hydrogen-bond donors (Lipinski definition) is 0. The molecule has 0 fully saturated rings. The maximum atomic E-state index is 12.5. The Kier molecular flexibility index (Phi) is 7.69. The average Bonchev–Trinajstić information content (AvgIpc) is 2.71. The van der Waals surface area contributed by atoms with Crippen LogP contribution >= 0.6 is 0 Å². The van der Waals surface area contributed by atoms with Crippen molar-refractivity contribution in [3.8, 4) is 23.0 Å². The number of ether oxygens (including phenoxy) is 4. The van der Waals surface area contributed by atoms with Crippen LogP contribution in [0.15, 0.2) is 54.1 Å². The summed E-state index contributed by atoms with van der Waals surface area (Å²) in [5.74, 6) is 2.23. The van der Waals surface area contributed by atoms with Crippen LogP contribution in [-0.2, 0) is 0 Å². The molecule has 2 aromatic carbocycles. The number of hydrogen-bond acceptors (Lipinski definition) is 5. The molecule has 0 amide bonds. The average molecular weight is 382 g/mol. The molecule has 0 unspecified atom stereocenters. The van der Waals surface area contributed by atoms with E-state index in [1.165, 1.54) is 18.8 Å². The molecular weight excluding hydrogens is 356 g/mol. The van der Waals surface area contributed by atoms with Crippen LogP contribution in [0.25, 0.3) is 6.08 Å². The third-order valence-corrected chi connectivity index (χ3v) is 4.01. The molecule has 0 saturated heterocycles. The molecule has 5 nitrogen and oxygen atoms in total. The first-order chi connectivity index (χ1) is 13.5. The molecule has 148 valence electrons. The van der Waals surface area contributed by atoms with Crippen molar-refractivity contribution in [1.29, 1.82) is 0 Å². The lowest BCUT2D eigenvalue weighted by molar-refractivity contribution is 0.104. The standard InChI is InChI=1S/C23H26O5/c1-16(2)12-13-28-21-10-7-17(14-22(21)26-4)6-9-19(24)18-8-11-20(25-3)23(15-18)27-5/h6-12,14-15H,13H2,1-5H3/b9-6+. The molecule has 0 atom stereocenters. The van der Waals surface area contributed by atoms with Crippen LogP contribution in [0.5, 0.6) is 23.0 Å². The van der Waals surface area contributed by atoms with E-state index in [1.807, 2.05) is 38.1 Å². The number of benzene rings is 2. The highest BCUT2D eigenvalue weighted by molar-refractivity contribution is 6.07. The molecule has 0 radical (unpaired) electrons. The smallest absolute Gasteiger partial charge is 0.185 e. The Morgan fingerprint density at radius 2 is 1.50 bits per heavy atom. The SMILES string of the molecule is COc1ccc(C(=O)/C=C/c2ccc(OCC=C(C)C)c(OC)c2)cc1OC. The van der Waals surface area contributed by atoms with Crippen molar-refractivity contribution in [3.05, 3.63) is 65.3 Å². The van der Waals surface area contributed by atoms with Crippen molar-refractivity contribution in [2.45, 2.75) is 13.8 Å². The minimum Gasteiger partial charge on any atom is -0.493 e. The van der Waals surface area contributed by atoms with E-state index in [4.69, 9.17) is 18.9 Å². The van der Waals surface area contributed by atoms with Crippen LogP contribution < -0.4 is 18.9 Å². The third kappa shape index (κ3) is 5.64. The van der Waals surface area contributed by atoms with E-state index in [-0.39, 0.29) is 5.78 Å². The molecule has 0 heterocycles. The second-order valence-corrected chi connectivity index (χ2v) is 6.27. The number of carbonyl (C=O) groups excluding carboxylic acids is 1. The molecule has 0 saturated carbocycles. The van der Waals surface area contributed by atoms with E-state index >= 15 is 0 Å². The zero-order valence-electron chi connectivity index (χ0n) is 16.9. The lowest BCUT2D eigenvalue weighted by Crippen LogP contribution is -1.98. The highest BCUT2D eigenvalue weighted by atomic mass is 16.5. The number of ketones is 1. The van der Waals surface area contributed by atoms with Gasteiger partial charge in [-0.1, -0.05) is 17.7 Å². The molecule has 0 spiro atoms. The van der Waals surface area contributed by atoms with Gasteiger partial charge >= 0.3 is 0 Å². The number of rotatable bonds is 9. The molecule has 0 aliphatic carbocycles. The van der Waals surface area contributed by atoms with E-state index in [9.17, 15) is 4.79 Å². The van der Waals surface area contributed by atoms with Crippen LogP contribution in [0.1, 0.15) is 29.8 Å². The van der Waals surface area contributed by atoms with Gasteiger partial charge < -0.3 is 18.9 Å². The third-order valence-electron chi connectivity index (χ3n) is 4.01. The van der Waals surface area contributed by atoms with Crippen molar-refractivity contribution < 1.29 is 23.7 Å². The quantitative estimate of drug-likeness (QED) is 0.349. The Morgan fingerprint density at radius 1 is 0.857 bits per heavy atom. The Morgan fingerprint density at radius 3 is 2.14 bits per heavy atom. The predicted molar refractivity (Wildman–Crippen MR) is 111 cm³/mol. The minimum atomic E-state index is -0.135. The molecular formula is C23H26O5. The van der Waals surface area contributed by atoms with Gasteiger partial charge in [0.15, 0.2) is 28.8 Å². The van der Waals surface area contributed by atoms with Gasteiger partial charge in [-0.3, -0.25) is 4.79 Å². The van der Waals surface area contributed by atoms with Gasteiger partial charge in [0.05, 0.1) is 21.3 Å². The zero-order valence-corrected chi connectivity index (χ0v) is 16.9. The summed E-state index contributed by atoms with van der Waals surface area (Å²) in [7, 11) is 4.68. The van der Waals surface area contributed by atoms with Crippen LogP contribution in [0.2, 0.25) is 0 Å². The lowest BCUT2D eigenvalue weighted by atomic mass is 10.1. The van der Waals surface area contributed by atoms with Gasteiger partial charge in [-0.05, 0) is 61.9 Å². The monoisotopic (exact) mass is 382 g/mol. The van der Waals surface area contributed by atoms with Gasteiger partial charge in [0.1, 0.15) is 6.61 Å². The van der Waals surface area contributed by atoms with Crippen LogP contribution in [0.4, 0.5) is 0 Å². The first-order valence-corrected chi connectivity index (χ1v) is 8.87. The van der Waals surface area contributed by atoms with Crippen LogP contribution in [0.3, 0.4) is 0 Å². The summed E-state index contributed by atoms with van der Waals surface area (Å²) in [4.78, 5) is 12.5. The normalized spacial score (nSPS) is 10.5. The van der Waals surface area contributed by atoms with Crippen molar-refractivity contribution in [3.63, 3.8) is 0 Å². The highest BCUT2D eigenvalue weighted by Gasteiger charge is 2.09. The Balaban J connectivity index is 2.14. The summed E-state index contributed by atoms with van der Waals surface area (Å²) in [5, 5.41) is 0. The first kappa shape index (κ1) is 21.1. The van der Waals surface area contributed by atoms with Crippen LogP contribution in [-0.4, -0.2) is 33.7 Å². The molecule has 2 rings (SSSR count). The summed E-state index contributed by atoms with van der Waals surface area (Å²) in [6.07, 6.45) is 5.25. The van der Waals surface area contributed by atoms with Crippen LogP contribution in [0, 0.1) is 0 Å². The summed E-state index contributed by atoms with van der Waals surface area (Å²) in [6.45, 7) is 4.51. The minimum absolute atomic E-state index is 0.135. The fourth-order valence-electron chi connectivity index (χ4n) is 2.46. The molecule has 0 aliphatic heterocycles. The lowest BCUT2D eigenvalue weighted by Gasteiger charge is -2.10. The maximum absolute atomic E-state index is 12.5. The summed E-state index contributed by atoms with van der Waals surface area (Å²) < 4.78 is 21.6. The number of allylic oxidation sites excluding steroid dienone is 2. The van der Waals surface area contributed by atoms with Crippen molar-refractivity contribution in [1.82, 2.24) is 0 Å². The largest absolute Gasteiger partial charge is 0.493 e. The summed E-state index contributed by atoms with van der Waals surface area (Å²) in [6, 6.07) is 10.6. The molecule has 0 aliphatic rings. The van der Waals surface area contributed by atoms with E-state index in [0.717, 1.165) is 5.56 Å². The summed E-state index contributed by atoms with van der Waals surface area (Å²) >= 11 is 0. The molecule has 2 aromatic rings. The number of carbonyl (C=O) groups is 1. The van der Waals surface area contributed by atoms with E-state index in [1.54, 1.807) is 38.5 Å².